The number of carbonyl (C=O) groups is 1. The molecule has 0 radical (unpaired) electrons. The van der Waals surface area contributed by atoms with Gasteiger partial charge in [0.1, 0.15) is 0 Å². The van der Waals surface area contributed by atoms with Crippen LogP contribution in [-0.4, -0.2) is 28.9 Å². The molecule has 0 spiro atoms. The number of likely N-dealkylation sites (tertiary alicyclic amines) is 1. The second kappa shape index (κ2) is 5.59. The number of rotatable bonds is 3. The van der Waals surface area contributed by atoms with Crippen LogP contribution < -0.4 is 5.73 Å². The number of aromatic nitrogens is 1. The summed E-state index contributed by atoms with van der Waals surface area (Å²) in [6.45, 7) is 6.13. The lowest BCUT2D eigenvalue weighted by Crippen LogP contribution is -2.43. The Kier molecular flexibility index (Phi) is 4.08. The van der Waals surface area contributed by atoms with E-state index in [-0.39, 0.29) is 5.91 Å². The van der Waals surface area contributed by atoms with Crippen LogP contribution in [0.2, 0.25) is 0 Å². The Labute approximate surface area is 115 Å². The monoisotopic (exact) mass is 261 g/mol. The molecule has 1 saturated heterocycles. The van der Waals surface area contributed by atoms with Crippen LogP contribution in [0.4, 0.5) is 5.69 Å². The van der Waals surface area contributed by atoms with E-state index >= 15 is 0 Å². The Balaban J connectivity index is 2.06. The van der Waals surface area contributed by atoms with Crippen molar-refractivity contribution < 1.29 is 4.79 Å². The van der Waals surface area contributed by atoms with E-state index in [4.69, 9.17) is 5.73 Å². The van der Waals surface area contributed by atoms with E-state index in [2.05, 4.69) is 18.8 Å². The number of anilines is 1. The van der Waals surface area contributed by atoms with Crippen molar-refractivity contribution in [2.24, 2.45) is 5.41 Å². The molecule has 2 rings (SSSR count). The number of piperidine rings is 1. The molecule has 0 unspecified atom stereocenters. The number of carbonyl (C=O) groups excluding carboxylic acids is 1. The quantitative estimate of drug-likeness (QED) is 0.910. The van der Waals surface area contributed by atoms with E-state index in [9.17, 15) is 4.79 Å². The molecule has 2 N–H and O–H groups in total. The van der Waals surface area contributed by atoms with E-state index in [1.54, 1.807) is 18.3 Å². The van der Waals surface area contributed by atoms with Gasteiger partial charge in [-0.15, -0.1) is 0 Å². The summed E-state index contributed by atoms with van der Waals surface area (Å²) < 4.78 is 0. The summed E-state index contributed by atoms with van der Waals surface area (Å²) in [5.74, 6) is -0.0288. The molecule has 4 nitrogen and oxygen atoms in total. The molecule has 2 heterocycles. The van der Waals surface area contributed by atoms with Gasteiger partial charge in [-0.3, -0.25) is 4.79 Å². The van der Waals surface area contributed by atoms with E-state index in [1.807, 2.05) is 4.90 Å². The first kappa shape index (κ1) is 13.8. The number of hydrogen-bond acceptors (Lipinski definition) is 3. The van der Waals surface area contributed by atoms with Gasteiger partial charge >= 0.3 is 0 Å². The van der Waals surface area contributed by atoms with Crippen molar-refractivity contribution in [3.63, 3.8) is 0 Å². The van der Waals surface area contributed by atoms with Crippen LogP contribution in [-0.2, 0) is 0 Å². The maximum Gasteiger partial charge on any atom is 0.274 e. The number of nitrogens with two attached hydrogens (primary N) is 1. The van der Waals surface area contributed by atoms with E-state index < -0.39 is 0 Å². The first-order chi connectivity index (χ1) is 9.12. The fourth-order valence-electron chi connectivity index (χ4n) is 2.89. The van der Waals surface area contributed by atoms with Gasteiger partial charge in [0.05, 0.1) is 5.69 Å². The van der Waals surface area contributed by atoms with Crippen LogP contribution in [0, 0.1) is 5.41 Å². The van der Waals surface area contributed by atoms with Gasteiger partial charge in [-0.05, 0) is 30.4 Å². The minimum Gasteiger partial charge on any atom is -0.397 e. The van der Waals surface area contributed by atoms with Gasteiger partial charge in [0, 0.05) is 19.3 Å². The summed E-state index contributed by atoms with van der Waals surface area (Å²) in [6, 6.07) is 3.48. The maximum absolute atomic E-state index is 12.4. The lowest BCUT2D eigenvalue weighted by atomic mass is 9.74. The Bertz CT molecular complexity index is 444. The lowest BCUT2D eigenvalue weighted by molar-refractivity contribution is 0.0553. The number of amides is 1. The maximum atomic E-state index is 12.4. The van der Waals surface area contributed by atoms with Crippen LogP contribution >= 0.6 is 0 Å². The molecule has 19 heavy (non-hydrogen) atoms. The van der Waals surface area contributed by atoms with Gasteiger partial charge < -0.3 is 10.6 Å². The molecule has 1 fully saturated rings. The molecule has 1 aliphatic rings. The summed E-state index contributed by atoms with van der Waals surface area (Å²) in [4.78, 5) is 18.4. The van der Waals surface area contributed by atoms with Crippen molar-refractivity contribution in [1.29, 1.82) is 0 Å². The summed E-state index contributed by atoms with van der Waals surface area (Å²) in [5.41, 5.74) is 7.11. The molecule has 0 aromatic carbocycles. The highest BCUT2D eigenvalue weighted by atomic mass is 16.2. The molecule has 1 aromatic heterocycles. The Morgan fingerprint density at radius 1 is 1.37 bits per heavy atom. The van der Waals surface area contributed by atoms with Gasteiger partial charge in [-0.2, -0.15) is 0 Å². The third kappa shape index (κ3) is 2.72. The number of pyridine rings is 1. The second-order valence-corrected chi connectivity index (χ2v) is 5.44. The summed E-state index contributed by atoms with van der Waals surface area (Å²) in [7, 11) is 0. The zero-order valence-electron chi connectivity index (χ0n) is 11.9. The summed E-state index contributed by atoms with van der Waals surface area (Å²) in [5, 5.41) is 0. The molecule has 1 amide bonds. The number of hydrogen-bond donors (Lipinski definition) is 1. The first-order valence-electron chi connectivity index (χ1n) is 7.11. The van der Waals surface area contributed by atoms with Gasteiger partial charge in [0.25, 0.3) is 5.91 Å². The zero-order chi connectivity index (χ0) is 13.9. The first-order valence-corrected chi connectivity index (χ1v) is 7.11. The van der Waals surface area contributed by atoms with Crippen molar-refractivity contribution in [3.05, 3.63) is 24.0 Å². The Morgan fingerprint density at radius 2 is 2.00 bits per heavy atom. The van der Waals surface area contributed by atoms with Gasteiger partial charge in [0.15, 0.2) is 5.69 Å². The van der Waals surface area contributed by atoms with Crippen molar-refractivity contribution in [3.8, 4) is 0 Å². The van der Waals surface area contributed by atoms with Crippen molar-refractivity contribution in [1.82, 2.24) is 9.88 Å². The molecule has 4 heteroatoms. The SMILES string of the molecule is CCC1(CC)CCN(C(=O)c2ncccc2N)CC1. The number of nitrogen functional groups attached to an aromatic ring is 1. The number of nitrogens with zero attached hydrogens (tertiary/aromatic N) is 2. The molecule has 104 valence electrons. The second-order valence-electron chi connectivity index (χ2n) is 5.44. The Hall–Kier alpha value is -1.58. The highest BCUT2D eigenvalue weighted by Crippen LogP contribution is 2.38. The molecule has 0 saturated carbocycles. The van der Waals surface area contributed by atoms with Crippen molar-refractivity contribution >= 4 is 11.6 Å². The molecule has 1 aliphatic heterocycles. The minimum atomic E-state index is -0.0288. The molecule has 0 bridgehead atoms. The fourth-order valence-corrected chi connectivity index (χ4v) is 2.89. The molecular weight excluding hydrogens is 238 g/mol. The summed E-state index contributed by atoms with van der Waals surface area (Å²) in [6.07, 6.45) is 6.17. The largest absolute Gasteiger partial charge is 0.397 e. The van der Waals surface area contributed by atoms with Gasteiger partial charge in [-0.25, -0.2) is 4.98 Å². The van der Waals surface area contributed by atoms with E-state index in [0.29, 0.717) is 16.8 Å². The molecule has 1 aromatic rings. The smallest absolute Gasteiger partial charge is 0.274 e. The highest BCUT2D eigenvalue weighted by molar-refractivity contribution is 5.97. The molecule has 0 atom stereocenters. The third-order valence-electron chi connectivity index (χ3n) is 4.65. The predicted octanol–water partition coefficient (Wildman–Crippen LogP) is 2.71. The minimum absolute atomic E-state index is 0.0288. The van der Waals surface area contributed by atoms with Crippen LogP contribution in [0.1, 0.15) is 50.0 Å². The third-order valence-corrected chi connectivity index (χ3v) is 4.65. The van der Waals surface area contributed by atoms with E-state index in [1.165, 1.54) is 12.8 Å². The summed E-state index contributed by atoms with van der Waals surface area (Å²) >= 11 is 0. The van der Waals surface area contributed by atoms with Crippen LogP contribution in [0.15, 0.2) is 18.3 Å². The normalized spacial score (nSPS) is 18.3. The Morgan fingerprint density at radius 3 is 2.53 bits per heavy atom. The fraction of sp³-hybridized carbons (Fsp3) is 0.600. The van der Waals surface area contributed by atoms with Crippen molar-refractivity contribution in [2.75, 3.05) is 18.8 Å². The average molecular weight is 261 g/mol. The standard InChI is InChI=1S/C15H23N3O/c1-3-15(4-2)7-10-18(11-8-15)14(19)13-12(16)6-5-9-17-13/h5-6,9H,3-4,7-8,10-11,16H2,1-2H3. The van der Waals surface area contributed by atoms with Crippen LogP contribution in [0.25, 0.3) is 0 Å². The van der Waals surface area contributed by atoms with Crippen LogP contribution in [0.5, 0.6) is 0 Å². The van der Waals surface area contributed by atoms with Crippen molar-refractivity contribution in [2.45, 2.75) is 39.5 Å². The predicted molar refractivity (Wildman–Crippen MR) is 76.8 cm³/mol. The topological polar surface area (TPSA) is 59.2 Å². The molecular formula is C15H23N3O. The average Bonchev–Trinajstić information content (AvgIpc) is 2.47. The van der Waals surface area contributed by atoms with Gasteiger partial charge in [-0.1, -0.05) is 26.7 Å². The van der Waals surface area contributed by atoms with Crippen LogP contribution in [0.3, 0.4) is 0 Å². The van der Waals surface area contributed by atoms with Gasteiger partial charge in [0.2, 0.25) is 0 Å². The lowest BCUT2D eigenvalue weighted by Gasteiger charge is -2.40. The zero-order valence-corrected chi connectivity index (χ0v) is 11.9. The highest BCUT2D eigenvalue weighted by Gasteiger charge is 2.33. The van der Waals surface area contributed by atoms with E-state index in [0.717, 1.165) is 25.9 Å². The molecule has 0 aliphatic carbocycles.